The van der Waals surface area contributed by atoms with Crippen LogP contribution in [0.1, 0.15) is 54.4 Å². The third-order valence-electron chi connectivity index (χ3n) is 8.08. The van der Waals surface area contributed by atoms with Gasteiger partial charge in [-0.15, -0.1) is 0 Å². The summed E-state index contributed by atoms with van der Waals surface area (Å²) in [5.74, 6) is 0.935. The first kappa shape index (κ1) is 23.4. The highest BCUT2D eigenvalue weighted by Crippen LogP contribution is 2.66. The van der Waals surface area contributed by atoms with E-state index in [9.17, 15) is 14.4 Å². The lowest BCUT2D eigenvalue weighted by Crippen LogP contribution is -2.57. The Morgan fingerprint density at radius 2 is 1.66 bits per heavy atom. The maximum atomic E-state index is 12.7. The SMILES string of the molecule is COC(=O)c1cccc(NC(=O)COc2ccc(C34CC5CC(CC(C(=O)OC)(C5)C3)C4)cc2)c1. The molecule has 0 heterocycles. The van der Waals surface area contributed by atoms with E-state index in [1.54, 1.807) is 24.3 Å². The Morgan fingerprint density at radius 1 is 0.943 bits per heavy atom. The third-order valence-corrected chi connectivity index (χ3v) is 8.08. The number of carbonyl (C=O) groups excluding carboxylic acids is 3. The zero-order valence-electron chi connectivity index (χ0n) is 20.2. The number of nitrogens with one attached hydrogen (secondary N) is 1. The summed E-state index contributed by atoms with van der Waals surface area (Å²) in [6.07, 6.45) is 6.23. The fraction of sp³-hybridized carbons (Fsp3) is 0.464. The first-order chi connectivity index (χ1) is 16.8. The summed E-state index contributed by atoms with van der Waals surface area (Å²) >= 11 is 0. The highest BCUT2D eigenvalue weighted by atomic mass is 16.5. The van der Waals surface area contributed by atoms with E-state index in [1.165, 1.54) is 26.2 Å². The normalized spacial score (nSPS) is 28.3. The first-order valence-corrected chi connectivity index (χ1v) is 12.1. The van der Waals surface area contributed by atoms with Crippen molar-refractivity contribution >= 4 is 23.5 Å². The Bertz CT molecular complexity index is 1130. The van der Waals surface area contributed by atoms with Gasteiger partial charge in [0.15, 0.2) is 6.61 Å². The molecule has 4 fully saturated rings. The van der Waals surface area contributed by atoms with E-state index in [-0.39, 0.29) is 29.3 Å². The zero-order chi connectivity index (χ0) is 24.6. The van der Waals surface area contributed by atoms with Gasteiger partial charge < -0.3 is 19.5 Å². The zero-order valence-corrected chi connectivity index (χ0v) is 20.2. The van der Waals surface area contributed by atoms with Crippen molar-refractivity contribution < 1.29 is 28.6 Å². The summed E-state index contributed by atoms with van der Waals surface area (Å²) < 4.78 is 15.7. The summed E-state index contributed by atoms with van der Waals surface area (Å²) in [4.78, 5) is 36.8. The molecular weight excluding hydrogens is 446 g/mol. The minimum Gasteiger partial charge on any atom is -0.484 e. The topological polar surface area (TPSA) is 90.9 Å². The van der Waals surface area contributed by atoms with E-state index >= 15 is 0 Å². The molecule has 4 aliphatic rings. The molecule has 0 saturated heterocycles. The van der Waals surface area contributed by atoms with Gasteiger partial charge in [-0.3, -0.25) is 9.59 Å². The van der Waals surface area contributed by atoms with Crippen molar-refractivity contribution in [2.45, 2.75) is 43.9 Å². The maximum Gasteiger partial charge on any atom is 0.337 e. The van der Waals surface area contributed by atoms with Gasteiger partial charge in [0.25, 0.3) is 5.91 Å². The van der Waals surface area contributed by atoms with Crippen LogP contribution in [0.2, 0.25) is 0 Å². The van der Waals surface area contributed by atoms with Crippen LogP contribution in [0.5, 0.6) is 5.75 Å². The Morgan fingerprint density at radius 3 is 2.31 bits per heavy atom. The van der Waals surface area contributed by atoms with Crippen LogP contribution in [-0.2, 0) is 24.5 Å². The number of benzene rings is 2. The van der Waals surface area contributed by atoms with Crippen LogP contribution in [0, 0.1) is 17.3 Å². The summed E-state index contributed by atoms with van der Waals surface area (Å²) in [6, 6.07) is 14.5. The van der Waals surface area contributed by atoms with Gasteiger partial charge in [0, 0.05) is 5.69 Å². The molecule has 1 N–H and O–H groups in total. The molecule has 6 rings (SSSR count). The van der Waals surface area contributed by atoms with E-state index in [0.717, 1.165) is 32.1 Å². The Balaban J connectivity index is 1.23. The van der Waals surface area contributed by atoms with Crippen LogP contribution in [0.15, 0.2) is 48.5 Å². The molecule has 35 heavy (non-hydrogen) atoms. The molecule has 0 aromatic heterocycles. The average Bonchev–Trinajstić information content (AvgIpc) is 2.86. The highest BCUT2D eigenvalue weighted by Gasteiger charge is 2.61. The molecule has 0 aliphatic heterocycles. The fourth-order valence-corrected chi connectivity index (χ4v) is 7.15. The second-order valence-electron chi connectivity index (χ2n) is 10.4. The minimum absolute atomic E-state index is 0.0127. The summed E-state index contributed by atoms with van der Waals surface area (Å²) in [6.45, 7) is -0.150. The van der Waals surface area contributed by atoms with Gasteiger partial charge in [-0.05, 0) is 91.7 Å². The van der Waals surface area contributed by atoms with Crippen molar-refractivity contribution in [3.05, 3.63) is 59.7 Å². The smallest absolute Gasteiger partial charge is 0.337 e. The number of rotatable bonds is 7. The van der Waals surface area contributed by atoms with Crippen molar-refractivity contribution in [2.75, 3.05) is 26.1 Å². The third kappa shape index (κ3) is 4.40. The molecular formula is C28H31NO6. The van der Waals surface area contributed by atoms with Crippen molar-refractivity contribution in [3.63, 3.8) is 0 Å². The van der Waals surface area contributed by atoms with E-state index < -0.39 is 5.97 Å². The van der Waals surface area contributed by atoms with Gasteiger partial charge in [0.2, 0.25) is 0 Å². The molecule has 1 amide bonds. The minimum atomic E-state index is -0.464. The second kappa shape index (κ2) is 9.02. The van der Waals surface area contributed by atoms with Crippen LogP contribution < -0.4 is 10.1 Å². The van der Waals surface area contributed by atoms with Crippen LogP contribution in [0.4, 0.5) is 5.69 Å². The molecule has 2 unspecified atom stereocenters. The van der Waals surface area contributed by atoms with E-state index in [1.807, 2.05) is 12.1 Å². The van der Waals surface area contributed by atoms with Gasteiger partial charge in [0.1, 0.15) is 5.75 Å². The standard InChI is InChI=1S/C28H31NO6/c1-33-25(31)20-4-3-5-22(11-20)29-24(30)16-35-23-8-6-21(7-9-23)27-12-18-10-19(13-27)15-28(14-18,17-27)26(32)34-2/h3-9,11,18-19H,10,12-17H2,1-2H3,(H,29,30). The number of methoxy groups -OCH3 is 2. The van der Waals surface area contributed by atoms with Gasteiger partial charge in [0.05, 0.1) is 25.2 Å². The Labute approximate surface area is 205 Å². The molecule has 4 bridgehead atoms. The Hall–Kier alpha value is -3.35. The predicted molar refractivity (Wildman–Crippen MR) is 129 cm³/mol. The number of amides is 1. The summed E-state index contributed by atoms with van der Waals surface area (Å²) in [7, 11) is 2.82. The fourth-order valence-electron chi connectivity index (χ4n) is 7.15. The number of hydrogen-bond acceptors (Lipinski definition) is 6. The molecule has 4 aliphatic carbocycles. The van der Waals surface area contributed by atoms with Crippen molar-refractivity contribution in [1.29, 1.82) is 0 Å². The molecule has 4 saturated carbocycles. The monoisotopic (exact) mass is 477 g/mol. The van der Waals surface area contributed by atoms with Crippen molar-refractivity contribution in [1.82, 2.24) is 0 Å². The average molecular weight is 478 g/mol. The van der Waals surface area contributed by atoms with Crippen LogP contribution >= 0.6 is 0 Å². The number of anilines is 1. The summed E-state index contributed by atoms with van der Waals surface area (Å²) in [5.41, 5.74) is 1.78. The lowest BCUT2D eigenvalue weighted by molar-refractivity contribution is -0.171. The molecule has 2 aromatic carbocycles. The van der Waals surface area contributed by atoms with E-state index in [0.29, 0.717) is 28.8 Å². The van der Waals surface area contributed by atoms with Gasteiger partial charge in [-0.25, -0.2) is 4.79 Å². The van der Waals surface area contributed by atoms with E-state index in [2.05, 4.69) is 17.4 Å². The van der Waals surface area contributed by atoms with Gasteiger partial charge in [-0.2, -0.15) is 0 Å². The predicted octanol–water partition coefficient (Wildman–Crippen LogP) is 4.50. The van der Waals surface area contributed by atoms with E-state index in [4.69, 9.17) is 14.2 Å². The molecule has 7 heteroatoms. The molecule has 184 valence electrons. The summed E-state index contributed by atoms with van der Waals surface area (Å²) in [5, 5.41) is 2.74. The number of esters is 2. The number of carbonyl (C=O) groups is 3. The number of ether oxygens (including phenoxy) is 3. The molecule has 2 atom stereocenters. The lowest BCUT2D eigenvalue weighted by Gasteiger charge is -2.61. The number of hydrogen-bond donors (Lipinski definition) is 1. The molecule has 0 radical (unpaired) electrons. The van der Waals surface area contributed by atoms with Crippen LogP contribution in [-0.4, -0.2) is 38.7 Å². The molecule has 0 spiro atoms. The Kier molecular flexibility index (Phi) is 6.03. The quantitative estimate of drug-likeness (QED) is 0.591. The van der Waals surface area contributed by atoms with Crippen molar-refractivity contribution in [3.8, 4) is 5.75 Å². The van der Waals surface area contributed by atoms with Crippen molar-refractivity contribution in [2.24, 2.45) is 17.3 Å². The molecule has 2 aromatic rings. The maximum absolute atomic E-state index is 12.7. The largest absolute Gasteiger partial charge is 0.484 e. The molecule has 7 nitrogen and oxygen atoms in total. The lowest BCUT2D eigenvalue weighted by atomic mass is 9.43. The van der Waals surface area contributed by atoms with Gasteiger partial charge >= 0.3 is 11.9 Å². The van der Waals surface area contributed by atoms with Gasteiger partial charge in [-0.1, -0.05) is 18.2 Å². The second-order valence-corrected chi connectivity index (χ2v) is 10.4. The highest BCUT2D eigenvalue weighted by molar-refractivity contribution is 5.95. The van der Waals surface area contributed by atoms with Crippen LogP contribution in [0.3, 0.4) is 0 Å². The van der Waals surface area contributed by atoms with Crippen LogP contribution in [0.25, 0.3) is 0 Å². The first-order valence-electron chi connectivity index (χ1n) is 12.1.